The molecule has 1 aliphatic rings. The number of hydrogen-bond donors (Lipinski definition) is 3. The number of carbonyl (C=O) groups is 2. The number of hydrogen-bond acceptors (Lipinski definition) is 4. The van der Waals surface area contributed by atoms with Crippen LogP contribution in [0.25, 0.3) is 0 Å². The van der Waals surface area contributed by atoms with Crippen molar-refractivity contribution >= 4 is 21.8 Å². The summed E-state index contributed by atoms with van der Waals surface area (Å²) in [7, 11) is -2.27. The quantitative estimate of drug-likeness (QED) is 0.640. The van der Waals surface area contributed by atoms with Crippen LogP contribution in [-0.2, 0) is 21.9 Å². The van der Waals surface area contributed by atoms with E-state index in [1.165, 1.54) is 16.8 Å². The normalized spacial score (nSPS) is 19.5. The molecule has 0 spiro atoms. The van der Waals surface area contributed by atoms with Gasteiger partial charge in [-0.1, -0.05) is 0 Å². The molecule has 0 bridgehead atoms. The molecular formula is C11H16N4O4S. The molecule has 8 nitrogen and oxygen atoms in total. The van der Waals surface area contributed by atoms with Gasteiger partial charge in [-0.15, -0.1) is 0 Å². The standard InChI is InChI=1S/C11H16N4O4S/c1-15-6-8(20(12,18)19)4-9(15)11(17)14-7-2-3-10(16)13-5-7/h4,6-7H,2-3,5H2,1H3,(H,13,16)(H,14,17)(H2,12,18,19). The Morgan fingerprint density at radius 1 is 1.55 bits per heavy atom. The number of nitrogens with zero attached hydrogens (tertiary/aromatic N) is 1. The smallest absolute Gasteiger partial charge is 0.268 e. The molecule has 20 heavy (non-hydrogen) atoms. The Kier molecular flexibility index (Phi) is 3.82. The van der Waals surface area contributed by atoms with E-state index in [-0.39, 0.29) is 22.5 Å². The first-order valence-electron chi connectivity index (χ1n) is 6.04. The van der Waals surface area contributed by atoms with E-state index in [2.05, 4.69) is 10.6 Å². The van der Waals surface area contributed by atoms with Gasteiger partial charge >= 0.3 is 0 Å². The molecule has 2 heterocycles. The summed E-state index contributed by atoms with van der Waals surface area (Å²) >= 11 is 0. The Balaban J connectivity index is 2.10. The van der Waals surface area contributed by atoms with Crippen molar-refractivity contribution < 1.29 is 18.0 Å². The van der Waals surface area contributed by atoms with Gasteiger partial charge in [0.25, 0.3) is 5.91 Å². The summed E-state index contributed by atoms with van der Waals surface area (Å²) in [5, 5.41) is 10.4. The molecule has 1 fully saturated rings. The third kappa shape index (κ3) is 3.17. The number of rotatable bonds is 3. The lowest BCUT2D eigenvalue weighted by Crippen LogP contribution is -2.48. The molecule has 0 radical (unpaired) electrons. The molecule has 1 atom stereocenters. The number of aryl methyl sites for hydroxylation is 1. The van der Waals surface area contributed by atoms with Crippen LogP contribution in [-0.4, -0.2) is 37.4 Å². The summed E-state index contributed by atoms with van der Waals surface area (Å²) in [4.78, 5) is 23.0. The zero-order chi connectivity index (χ0) is 14.9. The zero-order valence-corrected chi connectivity index (χ0v) is 11.7. The summed E-state index contributed by atoms with van der Waals surface area (Å²) in [5.74, 6) is -0.436. The van der Waals surface area contributed by atoms with E-state index in [0.717, 1.165) is 0 Å². The summed E-state index contributed by atoms with van der Waals surface area (Å²) in [6.45, 7) is 0.372. The third-order valence-corrected chi connectivity index (χ3v) is 4.02. The van der Waals surface area contributed by atoms with Crippen LogP contribution >= 0.6 is 0 Å². The maximum Gasteiger partial charge on any atom is 0.268 e. The molecule has 1 unspecified atom stereocenters. The number of primary sulfonamides is 1. The van der Waals surface area contributed by atoms with Crippen LogP contribution < -0.4 is 15.8 Å². The van der Waals surface area contributed by atoms with Gasteiger partial charge in [-0.25, -0.2) is 13.6 Å². The van der Waals surface area contributed by atoms with Crippen LogP contribution in [0.2, 0.25) is 0 Å². The van der Waals surface area contributed by atoms with E-state index < -0.39 is 15.9 Å². The van der Waals surface area contributed by atoms with Crippen molar-refractivity contribution in [1.82, 2.24) is 15.2 Å². The van der Waals surface area contributed by atoms with Crippen molar-refractivity contribution in [2.24, 2.45) is 12.2 Å². The minimum Gasteiger partial charge on any atom is -0.354 e. The Bertz CT molecular complexity index is 639. The molecule has 4 N–H and O–H groups in total. The minimum atomic E-state index is -3.84. The molecule has 0 aliphatic carbocycles. The van der Waals surface area contributed by atoms with Crippen molar-refractivity contribution in [1.29, 1.82) is 0 Å². The summed E-state index contributed by atoms with van der Waals surface area (Å²) < 4.78 is 23.9. The van der Waals surface area contributed by atoms with Gasteiger partial charge in [-0.2, -0.15) is 0 Å². The van der Waals surface area contributed by atoms with Gasteiger partial charge in [0.1, 0.15) is 10.6 Å². The number of aromatic nitrogens is 1. The van der Waals surface area contributed by atoms with Crippen LogP contribution in [0.4, 0.5) is 0 Å². The summed E-state index contributed by atoms with van der Waals surface area (Å²) in [6, 6.07) is 1.07. The van der Waals surface area contributed by atoms with E-state index in [0.29, 0.717) is 19.4 Å². The van der Waals surface area contributed by atoms with Crippen molar-refractivity contribution in [2.75, 3.05) is 6.54 Å². The molecule has 0 saturated carbocycles. The molecule has 1 saturated heterocycles. The molecule has 2 rings (SSSR count). The van der Waals surface area contributed by atoms with Gasteiger partial charge in [0.15, 0.2) is 0 Å². The average Bonchev–Trinajstić information content (AvgIpc) is 2.74. The Labute approximate surface area is 116 Å². The maximum atomic E-state index is 12.1. The van der Waals surface area contributed by atoms with Crippen LogP contribution in [0.5, 0.6) is 0 Å². The first-order valence-corrected chi connectivity index (χ1v) is 7.59. The maximum absolute atomic E-state index is 12.1. The largest absolute Gasteiger partial charge is 0.354 e. The molecule has 1 aromatic rings. The molecule has 2 amide bonds. The van der Waals surface area contributed by atoms with Crippen molar-refractivity contribution in [3.8, 4) is 0 Å². The number of nitrogens with two attached hydrogens (primary N) is 1. The van der Waals surface area contributed by atoms with E-state index in [4.69, 9.17) is 5.14 Å². The van der Waals surface area contributed by atoms with Gasteiger partial charge < -0.3 is 15.2 Å². The van der Waals surface area contributed by atoms with E-state index >= 15 is 0 Å². The third-order valence-electron chi connectivity index (χ3n) is 3.14. The highest BCUT2D eigenvalue weighted by Gasteiger charge is 2.22. The van der Waals surface area contributed by atoms with Crippen molar-refractivity contribution in [2.45, 2.75) is 23.8 Å². The van der Waals surface area contributed by atoms with Gasteiger partial charge in [0.05, 0.1) is 0 Å². The first kappa shape index (κ1) is 14.5. The van der Waals surface area contributed by atoms with E-state index in [1.807, 2.05) is 0 Å². The molecule has 9 heteroatoms. The lowest BCUT2D eigenvalue weighted by molar-refractivity contribution is -0.122. The zero-order valence-electron chi connectivity index (χ0n) is 10.9. The Morgan fingerprint density at radius 2 is 2.25 bits per heavy atom. The summed E-state index contributed by atoms with van der Waals surface area (Å²) in [5.41, 5.74) is 0.200. The lowest BCUT2D eigenvalue weighted by atomic mass is 10.1. The van der Waals surface area contributed by atoms with Crippen molar-refractivity contribution in [3.63, 3.8) is 0 Å². The monoisotopic (exact) mass is 300 g/mol. The highest BCUT2D eigenvalue weighted by molar-refractivity contribution is 7.89. The SMILES string of the molecule is Cn1cc(S(N)(=O)=O)cc1C(=O)NC1CCC(=O)NC1. The van der Waals surface area contributed by atoms with Crippen LogP contribution in [0.15, 0.2) is 17.2 Å². The van der Waals surface area contributed by atoms with Gasteiger partial charge in [-0.3, -0.25) is 9.59 Å². The fourth-order valence-electron chi connectivity index (χ4n) is 2.03. The first-order chi connectivity index (χ1) is 9.27. The topological polar surface area (TPSA) is 123 Å². The molecule has 1 aliphatic heterocycles. The Morgan fingerprint density at radius 3 is 2.75 bits per heavy atom. The second-order valence-electron chi connectivity index (χ2n) is 4.73. The van der Waals surface area contributed by atoms with Gasteiger partial charge in [-0.05, 0) is 12.5 Å². The minimum absolute atomic E-state index is 0.0362. The average molecular weight is 300 g/mol. The van der Waals surface area contributed by atoms with E-state index in [9.17, 15) is 18.0 Å². The molecule has 110 valence electrons. The summed E-state index contributed by atoms with van der Waals surface area (Å²) in [6.07, 6.45) is 2.21. The van der Waals surface area contributed by atoms with Gasteiger partial charge in [0, 0.05) is 32.3 Å². The van der Waals surface area contributed by atoms with Crippen LogP contribution in [0.3, 0.4) is 0 Å². The fraction of sp³-hybridized carbons (Fsp3) is 0.455. The van der Waals surface area contributed by atoms with E-state index in [1.54, 1.807) is 7.05 Å². The van der Waals surface area contributed by atoms with Crippen LogP contribution in [0, 0.1) is 0 Å². The Hall–Kier alpha value is -1.87. The van der Waals surface area contributed by atoms with Crippen LogP contribution in [0.1, 0.15) is 23.3 Å². The lowest BCUT2D eigenvalue weighted by Gasteiger charge is -2.23. The molecule has 1 aromatic heterocycles. The highest BCUT2D eigenvalue weighted by atomic mass is 32.2. The molecule has 0 aromatic carbocycles. The molecular weight excluding hydrogens is 284 g/mol. The number of carbonyl (C=O) groups excluding carboxylic acids is 2. The number of nitrogens with one attached hydrogen (secondary N) is 2. The second kappa shape index (κ2) is 5.25. The predicted molar refractivity (Wildman–Crippen MR) is 70.3 cm³/mol. The second-order valence-corrected chi connectivity index (χ2v) is 6.29. The van der Waals surface area contributed by atoms with Gasteiger partial charge in [0.2, 0.25) is 15.9 Å². The fourth-order valence-corrected chi connectivity index (χ4v) is 2.61. The number of sulfonamides is 1. The highest BCUT2D eigenvalue weighted by Crippen LogP contribution is 2.12. The predicted octanol–water partition coefficient (Wildman–Crippen LogP) is -1.32. The van der Waals surface area contributed by atoms with Crippen molar-refractivity contribution in [3.05, 3.63) is 18.0 Å². The number of piperidine rings is 1. The number of amides is 2.